The Morgan fingerprint density at radius 2 is 0.621 bits per heavy atom. The molecule has 124 heavy (non-hydrogen) atoms. The third kappa shape index (κ3) is 36.7. The van der Waals surface area contributed by atoms with Crippen molar-refractivity contribution in [3.8, 4) is 0 Å². The topological polar surface area (TPSA) is 622 Å². The van der Waals surface area contributed by atoms with Crippen molar-refractivity contribution in [1.82, 2.24) is 21.3 Å². The van der Waals surface area contributed by atoms with E-state index in [4.69, 9.17) is 125 Å². The minimum absolute atomic E-state index is 0.0984. The van der Waals surface area contributed by atoms with Gasteiger partial charge >= 0.3 is 87.6 Å². The van der Waals surface area contributed by atoms with Crippen LogP contribution in [-0.4, -0.2) is 257 Å². The molecule has 0 saturated carbocycles. The summed E-state index contributed by atoms with van der Waals surface area (Å²) >= 11 is 0. The van der Waals surface area contributed by atoms with Gasteiger partial charge in [-0.15, -0.1) is 0 Å². The van der Waals surface area contributed by atoms with Crippen molar-refractivity contribution < 1.29 is 210 Å². The number of esters is 4. The molecular formula is C68H119N4O45P7. The van der Waals surface area contributed by atoms with Gasteiger partial charge < -0.3 is 87.5 Å². The van der Waals surface area contributed by atoms with Crippen LogP contribution in [0, 0.1) is 54.0 Å². The molecule has 4 amide bonds. The Labute approximate surface area is 718 Å². The van der Waals surface area contributed by atoms with Gasteiger partial charge in [0.1, 0.15) is 26.9 Å². The van der Waals surface area contributed by atoms with E-state index in [1.807, 2.05) is 0 Å². The zero-order valence-electron chi connectivity index (χ0n) is 71.6. The van der Waals surface area contributed by atoms with Crippen LogP contribution in [0.4, 0.5) is 4.79 Å². The summed E-state index contributed by atoms with van der Waals surface area (Å²) in [5.74, 6) is -12.0. The van der Waals surface area contributed by atoms with Gasteiger partial charge in [0.05, 0.1) is 161 Å². The standard InChI is InChI=1S/C19H35NO12P2.C18H30NO11P.C17H31NO11P2.C13H23NO10P2.CO/c1-6-27-34(24,28-7-2)29-10-20-18(21)16-14-8-9-15(31-14)17(16)19(22)25-12-33(5,23)30-11-26-32-13(3)4;1-5-26-31(23,27-6-2)28-9-19-16(20)14-12-7-8-13(30-12)15(14)17(21)24-10-25-18(22)29-11(3)4;1-5-24-30(4,21)28-11-23-17(20)15-13-9-8-12(29-13)14(15)16(19)18-10-27-31(22,25-6-2)26-7-3;1-3-22-25(2,17)23-6-14-12(15)10-8-4-5-9(24-8)11(10)13(16)21-7-26(18,19)20;1-2/h13-17H,6-12H2,1-5H3,(H,20,21);11-15H,5-10H2,1-4H3,(H,19,20);12-15H,5-11H2,1-4H3,(H,18,19);8-11H,3-7H2,1-2H3,(H,14,15)(H2,18,19,20);. The SMILES string of the molecule is CCOP(=O)(OCC)OCNC(=O)C1C2CCC(O2)C1C(=O)OCOC(=O)OC(C)C.CCOP(=O)(OCC)OCNC(=O)C1C2CCC(O2)C1C(=O)OCP(C)(=O)OCOOC(C)C.CCOP(C)(=O)OCNC(=O)C1C2CCC(O2)C1C(=O)OCP(=O)(O)O.CCOP(C)(=O)OCOC(=O)C1C2CCC(O2)C1C(=O)NCOP(=O)(OCC)OCC.[C-]#[O+]. The number of hydrogen-bond acceptors (Lipinski definition) is 42. The number of fused-ring (bicyclic) bond motifs is 8. The van der Waals surface area contributed by atoms with Gasteiger partial charge in [-0.3, -0.25) is 111 Å². The molecule has 8 saturated heterocycles. The second-order valence-electron chi connectivity index (χ2n) is 28.1. The number of ether oxygens (including phenoxy) is 10. The van der Waals surface area contributed by atoms with Gasteiger partial charge in [-0.25, -0.2) is 28.3 Å². The van der Waals surface area contributed by atoms with E-state index in [2.05, 4.69) is 37.4 Å². The molecule has 0 aromatic carbocycles. The van der Waals surface area contributed by atoms with E-state index in [9.17, 15) is 75.1 Å². The number of hydrogen-bond donors (Lipinski definition) is 6. The Morgan fingerprint density at radius 3 is 0.911 bits per heavy atom. The number of carbonyl (C=O) groups is 9. The van der Waals surface area contributed by atoms with Crippen LogP contribution in [0.2, 0.25) is 0 Å². The Bertz CT molecular complexity index is 3770. The van der Waals surface area contributed by atoms with Crippen molar-refractivity contribution in [2.24, 2.45) is 47.3 Å². The Morgan fingerprint density at radius 1 is 0.347 bits per heavy atom. The van der Waals surface area contributed by atoms with Gasteiger partial charge in [0.2, 0.25) is 44.6 Å². The number of phosphoric ester groups is 3. The van der Waals surface area contributed by atoms with Crippen molar-refractivity contribution >= 4 is 107 Å². The monoisotopic (exact) mass is 1930 g/mol. The number of phosphoric acid groups is 3. The first-order valence-corrected chi connectivity index (χ1v) is 52.1. The van der Waals surface area contributed by atoms with Crippen molar-refractivity contribution in [3.05, 3.63) is 6.65 Å². The van der Waals surface area contributed by atoms with Crippen LogP contribution in [0.5, 0.6) is 0 Å². The molecule has 8 aliphatic heterocycles. The average molecular weight is 1930 g/mol. The van der Waals surface area contributed by atoms with Crippen LogP contribution in [0.1, 0.15) is 134 Å². The molecule has 8 rings (SSSR count). The first kappa shape index (κ1) is 112. The Kier molecular flexibility index (Phi) is 49.0. The fourth-order valence-corrected chi connectivity index (χ4v) is 19.8. The zero-order valence-corrected chi connectivity index (χ0v) is 77.9. The molecular weight excluding hydrogens is 1810 g/mol. The fraction of sp³-hybridized carbons (Fsp3) is 0.853. The van der Waals surface area contributed by atoms with Crippen LogP contribution in [0.15, 0.2) is 0 Å². The normalized spacial score (nSPS) is 26.4. The molecule has 56 heteroatoms. The summed E-state index contributed by atoms with van der Waals surface area (Å²) in [5.41, 5.74) is 0. The first-order valence-electron chi connectivity index (χ1n) is 39.7. The maximum absolute atomic E-state index is 12.8. The molecule has 8 bridgehead atoms. The predicted octanol–water partition coefficient (Wildman–Crippen LogP) is 7.70. The summed E-state index contributed by atoms with van der Waals surface area (Å²) in [4.78, 5) is 139. The molecule has 0 aromatic rings. The molecule has 19 atom stereocenters. The number of rotatable bonds is 51. The summed E-state index contributed by atoms with van der Waals surface area (Å²) in [5, 5.41) is 9.88. The summed E-state index contributed by atoms with van der Waals surface area (Å²) in [6.07, 6.45) is -2.16. The van der Waals surface area contributed by atoms with Crippen LogP contribution < -0.4 is 21.3 Å². The molecule has 8 fully saturated rings. The second-order valence-corrected chi connectivity index (χ2v) is 41.3. The third-order valence-corrected chi connectivity index (χ3v) is 27.6. The van der Waals surface area contributed by atoms with Gasteiger partial charge in [-0.1, -0.05) is 0 Å². The van der Waals surface area contributed by atoms with Crippen molar-refractivity contribution in [1.29, 1.82) is 0 Å². The van der Waals surface area contributed by atoms with Crippen molar-refractivity contribution in [3.63, 3.8) is 0 Å². The first-order chi connectivity index (χ1) is 58.4. The zero-order chi connectivity index (χ0) is 93.0. The molecule has 8 heterocycles. The summed E-state index contributed by atoms with van der Waals surface area (Å²) in [6, 6.07) is 0. The average Bonchev–Trinajstić information content (AvgIpc) is 1.63. The van der Waals surface area contributed by atoms with Gasteiger partial charge in [0, 0.05) is 20.0 Å². The second kappa shape index (κ2) is 54.3. The van der Waals surface area contributed by atoms with Crippen LogP contribution in [0.3, 0.4) is 0 Å². The summed E-state index contributed by atoms with van der Waals surface area (Å²) in [7, 11) is -25.8. The summed E-state index contributed by atoms with van der Waals surface area (Å²) in [6.45, 7) is 25.9. The number of carbonyl (C=O) groups excluding carboxylic acids is 9. The number of amides is 4. The van der Waals surface area contributed by atoms with E-state index < -0.39 is 250 Å². The van der Waals surface area contributed by atoms with Crippen LogP contribution >= 0.6 is 53.6 Å². The van der Waals surface area contributed by atoms with E-state index in [-0.39, 0.29) is 78.6 Å². The van der Waals surface area contributed by atoms with E-state index in [1.54, 1.807) is 83.1 Å². The van der Waals surface area contributed by atoms with E-state index >= 15 is 0 Å². The van der Waals surface area contributed by atoms with Crippen LogP contribution in [0.25, 0.3) is 0 Å². The van der Waals surface area contributed by atoms with Gasteiger partial charge in [0.15, 0.2) is 19.5 Å². The van der Waals surface area contributed by atoms with E-state index in [1.165, 1.54) is 20.0 Å². The molecule has 0 aliphatic carbocycles. The van der Waals surface area contributed by atoms with Crippen molar-refractivity contribution in [2.75, 3.05) is 133 Å². The van der Waals surface area contributed by atoms with Crippen LogP contribution in [-0.2, 0) is 195 Å². The third-order valence-electron chi connectivity index (χ3n) is 18.4. The molecule has 49 nitrogen and oxygen atoms in total. The van der Waals surface area contributed by atoms with Gasteiger partial charge in [-0.2, -0.15) is 0 Å². The molecule has 0 aromatic heterocycles. The quantitative estimate of drug-likeness (QED) is 0.00391. The van der Waals surface area contributed by atoms with E-state index in [0.717, 1.165) is 0 Å². The minimum atomic E-state index is -4.51. The molecule has 0 radical (unpaired) electrons. The fourth-order valence-electron chi connectivity index (χ4n) is 13.9. The van der Waals surface area contributed by atoms with E-state index in [0.29, 0.717) is 51.4 Å². The number of nitrogens with one attached hydrogen (secondary N) is 4. The van der Waals surface area contributed by atoms with Gasteiger partial charge in [0.25, 0.3) is 0 Å². The maximum atomic E-state index is 12.8. The Hall–Kier alpha value is -4.50. The van der Waals surface area contributed by atoms with Gasteiger partial charge in [-0.05, 0) is 134 Å². The molecule has 716 valence electrons. The molecule has 0 spiro atoms. The van der Waals surface area contributed by atoms with Crippen molar-refractivity contribution in [2.45, 2.75) is 195 Å². The summed E-state index contributed by atoms with van der Waals surface area (Å²) < 4.78 is 214. The predicted molar refractivity (Wildman–Crippen MR) is 419 cm³/mol. The Balaban J connectivity index is 0.000000346. The molecule has 8 aliphatic rings. The molecule has 19 unspecified atom stereocenters. The molecule has 6 N–H and O–H groups in total.